The SMILES string of the molecule is NC(=O)c1cc2ccccc2cc1O.O=[N+]1C=Nc2ccccc21. The van der Waals surface area contributed by atoms with Gasteiger partial charge in [0.2, 0.25) is 11.4 Å². The summed E-state index contributed by atoms with van der Waals surface area (Å²) in [5.74, 6) is -0.690. The number of aliphatic imine (C=N–C) groups is 1. The van der Waals surface area contributed by atoms with E-state index in [2.05, 4.69) is 4.99 Å². The number of carbonyl (C=O) groups is 1. The Morgan fingerprint density at radius 1 is 1.00 bits per heavy atom. The minimum absolute atomic E-state index is 0.0730. The average Bonchev–Trinajstić information content (AvgIpc) is 2.96. The molecule has 1 aliphatic heterocycles. The molecule has 0 fully saturated rings. The molecule has 0 aliphatic carbocycles. The normalized spacial score (nSPS) is 11.8. The van der Waals surface area contributed by atoms with Crippen LogP contribution in [0.5, 0.6) is 5.75 Å². The zero-order valence-electron chi connectivity index (χ0n) is 12.6. The highest BCUT2D eigenvalue weighted by Gasteiger charge is 2.21. The third kappa shape index (κ3) is 2.98. The maximum atomic E-state index is 10.9. The maximum Gasteiger partial charge on any atom is 0.331 e. The number of nitrogens with zero attached hydrogens (tertiary/aromatic N) is 2. The van der Waals surface area contributed by atoms with Crippen LogP contribution in [0, 0.1) is 4.91 Å². The Morgan fingerprint density at radius 3 is 2.29 bits per heavy atom. The number of nitrogens with two attached hydrogens (primary N) is 1. The number of hydrogen-bond donors (Lipinski definition) is 2. The lowest BCUT2D eigenvalue weighted by Crippen LogP contribution is -2.10. The van der Waals surface area contributed by atoms with Crippen molar-refractivity contribution < 1.29 is 14.7 Å². The van der Waals surface area contributed by atoms with Gasteiger partial charge < -0.3 is 10.8 Å². The number of rotatable bonds is 1. The summed E-state index contributed by atoms with van der Waals surface area (Å²) in [6, 6.07) is 17.8. The molecule has 0 aromatic heterocycles. The minimum Gasteiger partial charge on any atom is -0.507 e. The van der Waals surface area contributed by atoms with Gasteiger partial charge in [0.25, 0.3) is 5.91 Å². The first-order valence-corrected chi connectivity index (χ1v) is 7.17. The Kier molecular flexibility index (Phi) is 4.03. The summed E-state index contributed by atoms with van der Waals surface area (Å²) < 4.78 is 0.759. The quantitative estimate of drug-likeness (QED) is 0.672. The highest BCUT2D eigenvalue weighted by Crippen LogP contribution is 2.29. The van der Waals surface area contributed by atoms with Crippen molar-refractivity contribution >= 4 is 34.4 Å². The van der Waals surface area contributed by atoms with Crippen LogP contribution in [0.25, 0.3) is 10.8 Å². The first-order valence-electron chi connectivity index (χ1n) is 7.17. The molecular weight excluding hydrogens is 306 g/mol. The summed E-state index contributed by atoms with van der Waals surface area (Å²) in [7, 11) is 0. The standard InChI is InChI=1S/C11H9NO2.C7H5N2O/c12-11(14)9-5-7-3-1-2-4-8(7)6-10(9)13;10-9-5-8-6-3-1-2-4-7(6)9/h1-6,13H,(H2,12,14);1-5H/q;+1. The second kappa shape index (κ2) is 6.29. The number of benzene rings is 3. The molecule has 0 saturated heterocycles. The summed E-state index contributed by atoms with van der Waals surface area (Å²) in [5, 5.41) is 11.3. The van der Waals surface area contributed by atoms with E-state index in [1.165, 1.54) is 12.4 Å². The molecular formula is C18H14N3O3+. The molecule has 0 atom stereocenters. The molecule has 6 heteroatoms. The number of hydrogen-bond acceptors (Lipinski definition) is 4. The first kappa shape index (κ1) is 15.4. The monoisotopic (exact) mass is 320 g/mol. The summed E-state index contributed by atoms with van der Waals surface area (Å²) in [6.07, 6.45) is 1.27. The molecule has 4 rings (SSSR count). The van der Waals surface area contributed by atoms with Gasteiger partial charge in [-0.3, -0.25) is 4.79 Å². The van der Waals surface area contributed by atoms with Gasteiger partial charge in [-0.15, -0.1) is 0 Å². The van der Waals surface area contributed by atoms with Gasteiger partial charge in [0.1, 0.15) is 5.75 Å². The van der Waals surface area contributed by atoms with Crippen LogP contribution in [0.2, 0.25) is 0 Å². The van der Waals surface area contributed by atoms with E-state index in [4.69, 9.17) is 5.73 Å². The maximum absolute atomic E-state index is 10.9. The van der Waals surface area contributed by atoms with Crippen LogP contribution in [0.15, 0.2) is 65.7 Å². The van der Waals surface area contributed by atoms with Crippen LogP contribution in [0.3, 0.4) is 0 Å². The molecule has 1 aliphatic rings. The molecule has 0 saturated carbocycles. The lowest BCUT2D eigenvalue weighted by molar-refractivity contribution is -0.314. The largest absolute Gasteiger partial charge is 0.507 e. The molecule has 0 bridgehead atoms. The summed E-state index contributed by atoms with van der Waals surface area (Å²) in [5.41, 5.74) is 6.64. The predicted molar refractivity (Wildman–Crippen MR) is 92.0 cm³/mol. The van der Waals surface area contributed by atoms with E-state index in [1.54, 1.807) is 12.1 Å². The minimum atomic E-state index is -0.617. The van der Waals surface area contributed by atoms with Crippen molar-refractivity contribution in [1.29, 1.82) is 0 Å². The molecule has 1 amide bonds. The predicted octanol–water partition coefficient (Wildman–Crippen LogP) is 3.41. The number of carbonyl (C=O) groups excluding carboxylic acids is 1. The Labute approximate surface area is 137 Å². The van der Waals surface area contributed by atoms with E-state index >= 15 is 0 Å². The molecule has 0 spiro atoms. The first-order chi connectivity index (χ1) is 11.6. The van der Waals surface area contributed by atoms with E-state index in [0.717, 1.165) is 21.2 Å². The molecule has 118 valence electrons. The van der Waals surface area contributed by atoms with Gasteiger partial charge in [-0.2, -0.15) is 0 Å². The Balaban J connectivity index is 0.000000149. The molecule has 3 aromatic carbocycles. The van der Waals surface area contributed by atoms with Crippen molar-refractivity contribution in [2.24, 2.45) is 10.7 Å². The molecule has 0 unspecified atom stereocenters. The van der Waals surface area contributed by atoms with Crippen LogP contribution in [-0.2, 0) is 0 Å². The van der Waals surface area contributed by atoms with E-state index in [0.29, 0.717) is 5.69 Å². The molecule has 1 heterocycles. The number of aromatic hydroxyl groups is 1. The van der Waals surface area contributed by atoms with Gasteiger partial charge in [0, 0.05) is 4.76 Å². The zero-order valence-corrected chi connectivity index (χ0v) is 12.6. The molecule has 24 heavy (non-hydrogen) atoms. The fraction of sp³-hybridized carbons (Fsp3) is 0. The van der Waals surface area contributed by atoms with Gasteiger partial charge in [0.05, 0.1) is 5.56 Å². The van der Waals surface area contributed by atoms with Crippen LogP contribution in [0.1, 0.15) is 10.4 Å². The Hall–Kier alpha value is -3.54. The third-order valence-corrected chi connectivity index (χ3v) is 3.55. The van der Waals surface area contributed by atoms with E-state index in [-0.39, 0.29) is 11.3 Å². The van der Waals surface area contributed by atoms with Crippen molar-refractivity contribution in [1.82, 2.24) is 0 Å². The molecule has 3 N–H and O–H groups in total. The van der Waals surface area contributed by atoms with Gasteiger partial charge >= 0.3 is 6.34 Å². The highest BCUT2D eigenvalue weighted by molar-refractivity contribution is 6.00. The second-order valence-electron chi connectivity index (χ2n) is 5.14. The van der Waals surface area contributed by atoms with E-state index in [9.17, 15) is 14.8 Å². The Morgan fingerprint density at radius 2 is 1.62 bits per heavy atom. The number of fused-ring (bicyclic) bond motifs is 2. The van der Waals surface area contributed by atoms with Crippen LogP contribution in [-0.4, -0.2) is 22.1 Å². The van der Waals surface area contributed by atoms with Gasteiger partial charge in [-0.25, -0.2) is 0 Å². The smallest absolute Gasteiger partial charge is 0.331 e. The van der Waals surface area contributed by atoms with E-state index in [1.807, 2.05) is 42.5 Å². The number of phenols is 1. The lowest BCUT2D eigenvalue weighted by atomic mass is 10.1. The number of amides is 1. The lowest BCUT2D eigenvalue weighted by Gasteiger charge is -2.02. The van der Waals surface area contributed by atoms with Crippen molar-refractivity contribution in [2.45, 2.75) is 0 Å². The molecule has 6 nitrogen and oxygen atoms in total. The topological polar surface area (TPSA) is 95.8 Å². The molecule has 3 aromatic rings. The fourth-order valence-corrected chi connectivity index (χ4v) is 2.36. The van der Waals surface area contributed by atoms with Crippen LogP contribution in [0.4, 0.5) is 11.4 Å². The second-order valence-corrected chi connectivity index (χ2v) is 5.14. The van der Waals surface area contributed by atoms with Crippen molar-refractivity contribution in [3.05, 3.63) is 71.1 Å². The van der Waals surface area contributed by atoms with Crippen molar-refractivity contribution in [2.75, 3.05) is 0 Å². The molecule has 0 radical (unpaired) electrons. The van der Waals surface area contributed by atoms with Crippen molar-refractivity contribution in [3.8, 4) is 5.75 Å². The van der Waals surface area contributed by atoms with Crippen molar-refractivity contribution in [3.63, 3.8) is 0 Å². The summed E-state index contributed by atoms with van der Waals surface area (Å²) in [6.45, 7) is 0. The third-order valence-electron chi connectivity index (χ3n) is 3.55. The zero-order chi connectivity index (χ0) is 17.1. The fourth-order valence-electron chi connectivity index (χ4n) is 2.36. The number of para-hydroxylation sites is 2. The highest BCUT2D eigenvalue weighted by atomic mass is 16.3. The van der Waals surface area contributed by atoms with E-state index < -0.39 is 5.91 Å². The van der Waals surface area contributed by atoms with Gasteiger partial charge in [-0.1, -0.05) is 41.3 Å². The number of primary amides is 1. The number of nitroso groups, excluding NO2 is 1. The summed E-state index contributed by atoms with van der Waals surface area (Å²) >= 11 is 0. The van der Waals surface area contributed by atoms with Crippen LogP contribution >= 0.6 is 0 Å². The van der Waals surface area contributed by atoms with Gasteiger partial charge in [-0.05, 0) is 40.0 Å². The Bertz CT molecular complexity index is 980. The van der Waals surface area contributed by atoms with Gasteiger partial charge in [0.15, 0.2) is 0 Å². The summed E-state index contributed by atoms with van der Waals surface area (Å²) in [4.78, 5) is 25.6. The van der Waals surface area contributed by atoms with Crippen LogP contribution < -0.4 is 5.73 Å². The average molecular weight is 320 g/mol.